The molecule has 2 rings (SSSR count). The highest BCUT2D eigenvalue weighted by Gasteiger charge is 2.24. The van der Waals surface area contributed by atoms with E-state index in [1.807, 2.05) is 26.0 Å². The lowest BCUT2D eigenvalue weighted by Crippen LogP contribution is -2.52. The van der Waals surface area contributed by atoms with Gasteiger partial charge >= 0.3 is 6.03 Å². The minimum atomic E-state index is -0.560. The number of urea groups is 1. The van der Waals surface area contributed by atoms with Crippen molar-refractivity contribution in [2.24, 2.45) is 0 Å². The standard InChI is InChI=1S/C18H27N3O2/c1-4-10-18(3,12-22)21-17(23)19-11-9-14-13(2)20-16-8-6-5-7-15(14)16/h5-8,20,22H,4,9-12H2,1-3H3,(H2,19,21,23). The SMILES string of the molecule is CCCC(C)(CO)NC(=O)NCCc1c(C)[nH]c2ccccc12. The number of aliphatic hydroxyl groups is 1. The third-order valence-electron chi connectivity index (χ3n) is 4.25. The van der Waals surface area contributed by atoms with Crippen LogP contribution in [0.25, 0.3) is 10.9 Å². The van der Waals surface area contributed by atoms with E-state index < -0.39 is 5.54 Å². The molecule has 5 nitrogen and oxygen atoms in total. The van der Waals surface area contributed by atoms with Crippen LogP contribution in [0.5, 0.6) is 0 Å². The molecule has 126 valence electrons. The molecule has 0 fully saturated rings. The number of rotatable bonds is 7. The number of nitrogens with one attached hydrogen (secondary N) is 3. The molecular weight excluding hydrogens is 290 g/mol. The van der Waals surface area contributed by atoms with Crippen molar-refractivity contribution in [3.05, 3.63) is 35.5 Å². The number of hydrogen-bond acceptors (Lipinski definition) is 2. The molecule has 0 saturated heterocycles. The Balaban J connectivity index is 1.91. The van der Waals surface area contributed by atoms with Crippen LogP contribution < -0.4 is 10.6 Å². The van der Waals surface area contributed by atoms with Crippen LogP contribution in [0.4, 0.5) is 4.79 Å². The van der Waals surface area contributed by atoms with E-state index in [-0.39, 0.29) is 12.6 Å². The predicted octanol–water partition coefficient (Wildman–Crippen LogP) is 2.87. The Kier molecular flexibility index (Phi) is 5.66. The topological polar surface area (TPSA) is 77.2 Å². The molecule has 0 spiro atoms. The smallest absolute Gasteiger partial charge is 0.315 e. The summed E-state index contributed by atoms with van der Waals surface area (Å²) in [5.74, 6) is 0. The van der Waals surface area contributed by atoms with Crippen LogP contribution in [0.15, 0.2) is 24.3 Å². The van der Waals surface area contributed by atoms with E-state index in [1.165, 1.54) is 10.9 Å². The van der Waals surface area contributed by atoms with E-state index in [1.54, 1.807) is 0 Å². The van der Waals surface area contributed by atoms with Crippen LogP contribution in [-0.4, -0.2) is 34.8 Å². The van der Waals surface area contributed by atoms with Gasteiger partial charge < -0.3 is 20.7 Å². The first kappa shape index (κ1) is 17.3. The first-order valence-corrected chi connectivity index (χ1v) is 8.22. The number of fused-ring (bicyclic) bond motifs is 1. The van der Waals surface area contributed by atoms with Gasteiger partial charge in [0.1, 0.15) is 0 Å². The van der Waals surface area contributed by atoms with Crippen molar-refractivity contribution >= 4 is 16.9 Å². The summed E-state index contributed by atoms with van der Waals surface area (Å²) in [4.78, 5) is 15.4. The highest BCUT2D eigenvalue weighted by atomic mass is 16.3. The van der Waals surface area contributed by atoms with Gasteiger partial charge in [0, 0.05) is 23.1 Å². The molecule has 1 heterocycles. The molecule has 1 atom stereocenters. The number of carbonyl (C=O) groups excluding carboxylic acids is 1. The first-order valence-electron chi connectivity index (χ1n) is 8.22. The lowest BCUT2D eigenvalue weighted by molar-refractivity contribution is 0.163. The molecule has 0 aliphatic heterocycles. The molecule has 1 unspecified atom stereocenters. The fourth-order valence-electron chi connectivity index (χ4n) is 3.01. The molecule has 2 amide bonds. The van der Waals surface area contributed by atoms with Crippen LogP contribution in [0.1, 0.15) is 37.9 Å². The van der Waals surface area contributed by atoms with Crippen LogP contribution in [-0.2, 0) is 6.42 Å². The van der Waals surface area contributed by atoms with E-state index in [4.69, 9.17) is 0 Å². The number of aryl methyl sites for hydroxylation is 1. The van der Waals surface area contributed by atoms with E-state index in [0.29, 0.717) is 6.54 Å². The molecular formula is C18H27N3O2. The summed E-state index contributed by atoms with van der Waals surface area (Å²) in [5, 5.41) is 16.4. The Morgan fingerprint density at radius 3 is 2.78 bits per heavy atom. The van der Waals surface area contributed by atoms with E-state index in [9.17, 15) is 9.90 Å². The molecule has 0 saturated carbocycles. The zero-order valence-electron chi connectivity index (χ0n) is 14.2. The summed E-state index contributed by atoms with van der Waals surface area (Å²) in [5.41, 5.74) is 2.94. The van der Waals surface area contributed by atoms with Crippen LogP contribution in [0, 0.1) is 6.92 Å². The summed E-state index contributed by atoms with van der Waals surface area (Å²) in [6, 6.07) is 7.96. The summed E-state index contributed by atoms with van der Waals surface area (Å²) < 4.78 is 0. The maximum Gasteiger partial charge on any atom is 0.315 e. The maximum atomic E-state index is 12.0. The molecule has 0 radical (unpaired) electrons. The van der Waals surface area contributed by atoms with Gasteiger partial charge in [0.2, 0.25) is 0 Å². The lowest BCUT2D eigenvalue weighted by Gasteiger charge is -2.28. The number of aliphatic hydroxyl groups excluding tert-OH is 1. The molecule has 0 bridgehead atoms. The molecule has 5 heteroatoms. The van der Waals surface area contributed by atoms with Crippen molar-refractivity contribution in [3.8, 4) is 0 Å². The molecule has 0 aliphatic carbocycles. The average molecular weight is 317 g/mol. The average Bonchev–Trinajstić information content (AvgIpc) is 2.83. The van der Waals surface area contributed by atoms with Crippen molar-refractivity contribution in [1.82, 2.24) is 15.6 Å². The molecule has 1 aromatic heterocycles. The summed E-state index contributed by atoms with van der Waals surface area (Å²) in [6.45, 7) is 6.45. The highest BCUT2D eigenvalue weighted by Crippen LogP contribution is 2.21. The monoisotopic (exact) mass is 317 g/mol. The number of aromatic amines is 1. The van der Waals surface area contributed by atoms with E-state index in [0.717, 1.165) is 30.5 Å². The van der Waals surface area contributed by atoms with Crippen molar-refractivity contribution in [2.75, 3.05) is 13.2 Å². The Labute approximate surface area is 137 Å². The normalized spacial score (nSPS) is 13.7. The van der Waals surface area contributed by atoms with Crippen LogP contribution >= 0.6 is 0 Å². The molecule has 23 heavy (non-hydrogen) atoms. The number of para-hydroxylation sites is 1. The Morgan fingerprint density at radius 1 is 1.35 bits per heavy atom. The third-order valence-corrected chi connectivity index (χ3v) is 4.25. The van der Waals surface area contributed by atoms with Crippen molar-refractivity contribution in [3.63, 3.8) is 0 Å². The Bertz CT molecular complexity index is 665. The first-order chi connectivity index (χ1) is 11.0. The van der Waals surface area contributed by atoms with E-state index >= 15 is 0 Å². The number of benzene rings is 1. The van der Waals surface area contributed by atoms with Crippen molar-refractivity contribution < 1.29 is 9.90 Å². The molecule has 1 aromatic carbocycles. The predicted molar refractivity (Wildman–Crippen MR) is 93.7 cm³/mol. The van der Waals surface area contributed by atoms with Gasteiger partial charge in [0.15, 0.2) is 0 Å². The van der Waals surface area contributed by atoms with Crippen LogP contribution in [0.3, 0.4) is 0 Å². The molecule has 4 N–H and O–H groups in total. The largest absolute Gasteiger partial charge is 0.394 e. The quantitative estimate of drug-likeness (QED) is 0.634. The number of amides is 2. The third kappa shape index (κ3) is 4.26. The summed E-state index contributed by atoms with van der Waals surface area (Å²) >= 11 is 0. The highest BCUT2D eigenvalue weighted by molar-refractivity contribution is 5.84. The van der Waals surface area contributed by atoms with Crippen LogP contribution in [0.2, 0.25) is 0 Å². The van der Waals surface area contributed by atoms with Gasteiger partial charge in [0.25, 0.3) is 0 Å². The fourth-order valence-corrected chi connectivity index (χ4v) is 3.01. The number of hydrogen-bond donors (Lipinski definition) is 4. The summed E-state index contributed by atoms with van der Waals surface area (Å²) in [7, 11) is 0. The fraction of sp³-hybridized carbons (Fsp3) is 0.500. The van der Waals surface area contributed by atoms with Gasteiger partial charge in [-0.2, -0.15) is 0 Å². The summed E-state index contributed by atoms with van der Waals surface area (Å²) in [6.07, 6.45) is 2.43. The van der Waals surface area contributed by atoms with E-state index in [2.05, 4.69) is 34.7 Å². The number of carbonyl (C=O) groups is 1. The van der Waals surface area contributed by atoms with Gasteiger partial charge in [-0.3, -0.25) is 0 Å². The van der Waals surface area contributed by atoms with Gasteiger partial charge in [-0.15, -0.1) is 0 Å². The zero-order valence-corrected chi connectivity index (χ0v) is 14.2. The minimum Gasteiger partial charge on any atom is -0.394 e. The van der Waals surface area contributed by atoms with Gasteiger partial charge in [0.05, 0.1) is 12.1 Å². The number of aromatic nitrogens is 1. The van der Waals surface area contributed by atoms with Gasteiger partial charge in [-0.25, -0.2) is 4.79 Å². The Morgan fingerprint density at radius 2 is 2.09 bits per heavy atom. The molecule has 0 aliphatic rings. The van der Waals surface area contributed by atoms with Crippen molar-refractivity contribution in [1.29, 1.82) is 0 Å². The second-order valence-electron chi connectivity index (χ2n) is 6.37. The minimum absolute atomic E-state index is 0.0597. The Hall–Kier alpha value is -2.01. The lowest BCUT2D eigenvalue weighted by atomic mass is 9.98. The maximum absolute atomic E-state index is 12.0. The zero-order chi connectivity index (χ0) is 16.9. The second-order valence-corrected chi connectivity index (χ2v) is 6.37. The van der Waals surface area contributed by atoms with Gasteiger partial charge in [-0.05, 0) is 38.3 Å². The van der Waals surface area contributed by atoms with Gasteiger partial charge in [-0.1, -0.05) is 31.5 Å². The van der Waals surface area contributed by atoms with Crippen molar-refractivity contribution in [2.45, 2.75) is 45.6 Å². The molecule has 2 aromatic rings. The number of H-pyrrole nitrogens is 1. The second kappa shape index (κ2) is 7.51.